The smallest absolute Gasteiger partial charge is 0.326 e. The number of amides is 1. The molecule has 17 heavy (non-hydrogen) atoms. The van der Waals surface area contributed by atoms with Crippen LogP contribution in [0.25, 0.3) is 0 Å². The van der Waals surface area contributed by atoms with Crippen molar-refractivity contribution in [1.82, 2.24) is 4.90 Å². The van der Waals surface area contributed by atoms with Gasteiger partial charge in [0.15, 0.2) is 0 Å². The predicted molar refractivity (Wildman–Crippen MR) is 60.3 cm³/mol. The molecule has 0 aromatic heterocycles. The number of hydrogen-bond donors (Lipinski definition) is 1. The number of carboxylic acids is 1. The first-order valence-corrected chi connectivity index (χ1v) is 5.10. The SMILES string of the molecule is Cc1ccc(F)cc1C(=O)N(C)C(C)C(=O)O. The van der Waals surface area contributed by atoms with E-state index in [2.05, 4.69) is 0 Å². The fourth-order valence-corrected chi connectivity index (χ4v) is 1.36. The Kier molecular flexibility index (Phi) is 3.83. The Bertz CT molecular complexity index is 459. The van der Waals surface area contributed by atoms with Crippen molar-refractivity contribution in [3.8, 4) is 0 Å². The maximum atomic E-state index is 13.0. The Morgan fingerprint density at radius 1 is 1.41 bits per heavy atom. The van der Waals surface area contributed by atoms with Crippen molar-refractivity contribution in [2.24, 2.45) is 0 Å². The van der Waals surface area contributed by atoms with Gasteiger partial charge in [-0.15, -0.1) is 0 Å². The van der Waals surface area contributed by atoms with Gasteiger partial charge in [-0.05, 0) is 31.5 Å². The zero-order valence-electron chi connectivity index (χ0n) is 9.90. The summed E-state index contributed by atoms with van der Waals surface area (Å²) in [5.74, 6) is -2.12. The van der Waals surface area contributed by atoms with Gasteiger partial charge in [0.25, 0.3) is 5.91 Å². The van der Waals surface area contributed by atoms with Crippen LogP contribution in [0.2, 0.25) is 0 Å². The molecule has 0 spiro atoms. The summed E-state index contributed by atoms with van der Waals surface area (Å²) in [5.41, 5.74) is 0.793. The van der Waals surface area contributed by atoms with Gasteiger partial charge in [-0.1, -0.05) is 6.07 Å². The van der Waals surface area contributed by atoms with Crippen LogP contribution in [0, 0.1) is 12.7 Å². The zero-order chi connectivity index (χ0) is 13.2. The molecular weight excluding hydrogens is 225 g/mol. The van der Waals surface area contributed by atoms with Crippen molar-refractivity contribution >= 4 is 11.9 Å². The Hall–Kier alpha value is -1.91. The molecule has 4 nitrogen and oxygen atoms in total. The number of likely N-dealkylation sites (N-methyl/N-ethyl adjacent to an activating group) is 1. The molecule has 0 aliphatic rings. The third-order valence-corrected chi connectivity index (χ3v) is 2.69. The number of carbonyl (C=O) groups is 2. The number of rotatable bonds is 3. The van der Waals surface area contributed by atoms with E-state index in [1.807, 2.05) is 0 Å². The molecule has 0 heterocycles. The van der Waals surface area contributed by atoms with Gasteiger partial charge in [0.1, 0.15) is 11.9 Å². The number of aliphatic carboxylic acids is 1. The first-order chi connectivity index (χ1) is 7.84. The maximum Gasteiger partial charge on any atom is 0.326 e. The first kappa shape index (κ1) is 13.2. The van der Waals surface area contributed by atoms with Gasteiger partial charge in [-0.3, -0.25) is 4.79 Å². The summed E-state index contributed by atoms with van der Waals surface area (Å²) in [6, 6.07) is 2.90. The zero-order valence-corrected chi connectivity index (χ0v) is 9.90. The van der Waals surface area contributed by atoms with E-state index in [0.29, 0.717) is 5.56 Å². The second-order valence-electron chi connectivity index (χ2n) is 3.89. The van der Waals surface area contributed by atoms with Crippen LogP contribution in [0.5, 0.6) is 0 Å². The van der Waals surface area contributed by atoms with Crippen LogP contribution in [0.15, 0.2) is 18.2 Å². The quantitative estimate of drug-likeness (QED) is 0.873. The molecule has 1 aromatic rings. The Balaban J connectivity index is 3.04. The van der Waals surface area contributed by atoms with Crippen molar-refractivity contribution in [2.45, 2.75) is 19.9 Å². The van der Waals surface area contributed by atoms with Gasteiger partial charge in [-0.2, -0.15) is 0 Å². The van der Waals surface area contributed by atoms with E-state index in [4.69, 9.17) is 5.11 Å². The summed E-state index contributed by atoms with van der Waals surface area (Å²) < 4.78 is 13.0. The minimum atomic E-state index is -1.10. The molecule has 0 bridgehead atoms. The molecule has 0 radical (unpaired) electrons. The van der Waals surface area contributed by atoms with Gasteiger partial charge < -0.3 is 10.0 Å². The molecule has 0 aliphatic carbocycles. The monoisotopic (exact) mass is 239 g/mol. The molecule has 1 atom stereocenters. The number of aryl methyl sites for hydroxylation is 1. The van der Waals surface area contributed by atoms with Gasteiger partial charge in [0, 0.05) is 12.6 Å². The van der Waals surface area contributed by atoms with E-state index >= 15 is 0 Å². The summed E-state index contributed by atoms with van der Waals surface area (Å²) in [6.07, 6.45) is 0. The highest BCUT2D eigenvalue weighted by Gasteiger charge is 2.23. The van der Waals surface area contributed by atoms with E-state index in [-0.39, 0.29) is 5.56 Å². The van der Waals surface area contributed by atoms with Crippen LogP contribution in [-0.4, -0.2) is 35.0 Å². The van der Waals surface area contributed by atoms with Crippen LogP contribution in [-0.2, 0) is 4.79 Å². The lowest BCUT2D eigenvalue weighted by Gasteiger charge is -2.22. The van der Waals surface area contributed by atoms with E-state index in [9.17, 15) is 14.0 Å². The third kappa shape index (κ3) is 2.81. The van der Waals surface area contributed by atoms with Gasteiger partial charge in [0.2, 0.25) is 0 Å². The molecule has 0 aliphatic heterocycles. The van der Waals surface area contributed by atoms with Gasteiger partial charge in [-0.25, -0.2) is 9.18 Å². The predicted octanol–water partition coefficient (Wildman–Crippen LogP) is 1.68. The van der Waals surface area contributed by atoms with Gasteiger partial charge in [0.05, 0.1) is 0 Å². The second kappa shape index (κ2) is 4.95. The standard InChI is InChI=1S/C12H14FNO3/c1-7-4-5-9(13)6-10(7)11(15)14(3)8(2)12(16)17/h4-6,8H,1-3H3,(H,16,17). The topological polar surface area (TPSA) is 57.6 Å². The van der Waals surface area contributed by atoms with Crippen LogP contribution in [0.3, 0.4) is 0 Å². The molecule has 0 fully saturated rings. The van der Waals surface area contributed by atoms with Crippen LogP contribution in [0.1, 0.15) is 22.8 Å². The van der Waals surface area contributed by atoms with Crippen molar-refractivity contribution in [2.75, 3.05) is 7.05 Å². The van der Waals surface area contributed by atoms with E-state index in [1.165, 1.54) is 26.1 Å². The highest BCUT2D eigenvalue weighted by molar-refractivity contribution is 5.97. The largest absolute Gasteiger partial charge is 0.480 e. The highest BCUT2D eigenvalue weighted by Crippen LogP contribution is 2.13. The molecule has 1 amide bonds. The molecular formula is C12H14FNO3. The fourth-order valence-electron chi connectivity index (χ4n) is 1.36. The Labute approximate surface area is 98.7 Å². The number of benzene rings is 1. The molecule has 0 saturated heterocycles. The average molecular weight is 239 g/mol. The molecule has 1 unspecified atom stereocenters. The van der Waals surface area contributed by atoms with Crippen molar-refractivity contribution in [3.63, 3.8) is 0 Å². The maximum absolute atomic E-state index is 13.0. The van der Waals surface area contributed by atoms with Crippen LogP contribution in [0.4, 0.5) is 4.39 Å². The minimum absolute atomic E-state index is 0.181. The number of halogens is 1. The lowest BCUT2D eigenvalue weighted by molar-refractivity contribution is -0.141. The number of carbonyl (C=O) groups excluding carboxylic acids is 1. The Morgan fingerprint density at radius 2 is 2.00 bits per heavy atom. The second-order valence-corrected chi connectivity index (χ2v) is 3.89. The molecule has 1 N–H and O–H groups in total. The summed E-state index contributed by atoms with van der Waals surface area (Å²) in [6.45, 7) is 3.07. The lowest BCUT2D eigenvalue weighted by Crippen LogP contribution is -2.40. The first-order valence-electron chi connectivity index (χ1n) is 5.10. The van der Waals surface area contributed by atoms with E-state index in [1.54, 1.807) is 6.92 Å². The molecule has 92 valence electrons. The van der Waals surface area contributed by atoms with Crippen LogP contribution < -0.4 is 0 Å². The summed E-state index contributed by atoms with van der Waals surface area (Å²) in [5, 5.41) is 8.80. The van der Waals surface area contributed by atoms with Crippen molar-refractivity contribution < 1.29 is 19.1 Å². The van der Waals surface area contributed by atoms with Crippen molar-refractivity contribution in [3.05, 3.63) is 35.1 Å². The van der Waals surface area contributed by atoms with Crippen molar-refractivity contribution in [1.29, 1.82) is 0 Å². The highest BCUT2D eigenvalue weighted by atomic mass is 19.1. The Morgan fingerprint density at radius 3 is 2.53 bits per heavy atom. The molecule has 0 saturated carbocycles. The summed E-state index contributed by atoms with van der Waals surface area (Å²) >= 11 is 0. The third-order valence-electron chi connectivity index (χ3n) is 2.69. The van der Waals surface area contributed by atoms with Crippen LogP contribution >= 0.6 is 0 Å². The van der Waals surface area contributed by atoms with E-state index in [0.717, 1.165) is 11.0 Å². The summed E-state index contributed by atoms with van der Waals surface area (Å²) in [7, 11) is 1.38. The average Bonchev–Trinajstić information content (AvgIpc) is 2.29. The minimum Gasteiger partial charge on any atom is -0.480 e. The molecule has 1 aromatic carbocycles. The van der Waals surface area contributed by atoms with E-state index < -0.39 is 23.7 Å². The molecule has 5 heteroatoms. The number of hydrogen-bond acceptors (Lipinski definition) is 2. The van der Waals surface area contributed by atoms with Gasteiger partial charge >= 0.3 is 5.97 Å². The number of carboxylic acid groups (broad SMARTS) is 1. The lowest BCUT2D eigenvalue weighted by atomic mass is 10.1. The summed E-state index contributed by atoms with van der Waals surface area (Å²) in [4.78, 5) is 23.8. The number of nitrogens with zero attached hydrogens (tertiary/aromatic N) is 1. The normalized spacial score (nSPS) is 12.0. The fraction of sp³-hybridized carbons (Fsp3) is 0.333. The molecule has 1 rings (SSSR count).